The van der Waals surface area contributed by atoms with E-state index in [1.54, 1.807) is 0 Å². The van der Waals surface area contributed by atoms with E-state index in [2.05, 4.69) is 5.32 Å². The van der Waals surface area contributed by atoms with E-state index in [0.29, 0.717) is 0 Å². The fourth-order valence-corrected chi connectivity index (χ4v) is 2.27. The number of carboxylic acid groups (broad SMARTS) is 1. The van der Waals surface area contributed by atoms with Gasteiger partial charge >= 0.3 is 5.97 Å². The number of amides is 1. The van der Waals surface area contributed by atoms with Gasteiger partial charge in [-0.3, -0.25) is 9.59 Å². The Kier molecular flexibility index (Phi) is 4.61. The van der Waals surface area contributed by atoms with Gasteiger partial charge < -0.3 is 15.2 Å². The fraction of sp³-hybridized carbons (Fsp3) is 0.800. The summed E-state index contributed by atoms with van der Waals surface area (Å²) >= 11 is 1.52. The molecule has 6 heteroatoms. The second-order valence-corrected chi connectivity index (χ2v) is 5.11. The van der Waals surface area contributed by atoms with Crippen LogP contribution < -0.4 is 5.32 Å². The first-order chi connectivity index (χ1) is 7.54. The van der Waals surface area contributed by atoms with Crippen LogP contribution in [0, 0.1) is 0 Å². The van der Waals surface area contributed by atoms with Crippen LogP contribution in [0.1, 0.15) is 19.3 Å². The largest absolute Gasteiger partial charge is 0.481 e. The number of rotatable bonds is 7. The topological polar surface area (TPSA) is 75.6 Å². The summed E-state index contributed by atoms with van der Waals surface area (Å²) in [6, 6.07) is -0.445. The van der Waals surface area contributed by atoms with Gasteiger partial charge in [-0.25, -0.2) is 0 Å². The van der Waals surface area contributed by atoms with E-state index in [0.717, 1.165) is 12.8 Å². The molecule has 0 aliphatic heterocycles. The molecule has 0 aromatic rings. The molecule has 1 aliphatic carbocycles. The lowest BCUT2D eigenvalue weighted by molar-refractivity contribution is -0.138. The maximum absolute atomic E-state index is 11.8. The molecule has 0 radical (unpaired) electrons. The Morgan fingerprint density at radius 1 is 1.56 bits per heavy atom. The van der Waals surface area contributed by atoms with Crippen LogP contribution >= 0.6 is 11.8 Å². The molecule has 0 aromatic carbocycles. The molecule has 1 saturated carbocycles. The first kappa shape index (κ1) is 13.3. The number of thioether (sulfide) groups is 1. The van der Waals surface area contributed by atoms with Crippen molar-refractivity contribution in [2.45, 2.75) is 30.1 Å². The second kappa shape index (κ2) is 5.54. The highest BCUT2D eigenvalue weighted by molar-refractivity contribution is 8.01. The predicted octanol–water partition coefficient (Wildman–Crippen LogP) is 0.488. The number of nitrogens with one attached hydrogen (secondary N) is 1. The number of carbonyl (C=O) groups is 2. The molecule has 1 rings (SSSR count). The van der Waals surface area contributed by atoms with Crippen LogP contribution in [-0.4, -0.2) is 47.7 Å². The fourth-order valence-electron chi connectivity index (χ4n) is 1.52. The van der Waals surface area contributed by atoms with Crippen molar-refractivity contribution in [1.29, 1.82) is 0 Å². The highest BCUT2D eigenvalue weighted by Gasteiger charge is 2.49. The number of methoxy groups -OCH3 is 1. The highest BCUT2D eigenvalue weighted by Crippen LogP contribution is 2.47. The summed E-state index contributed by atoms with van der Waals surface area (Å²) in [5, 5.41) is 11.4. The van der Waals surface area contributed by atoms with Gasteiger partial charge in [0.15, 0.2) is 0 Å². The third-order valence-corrected chi connectivity index (χ3v) is 4.01. The molecule has 92 valence electrons. The molecule has 2 N–H and O–H groups in total. The molecule has 0 bridgehead atoms. The van der Waals surface area contributed by atoms with Crippen LogP contribution in [0.2, 0.25) is 0 Å². The van der Waals surface area contributed by atoms with Crippen LogP contribution in [-0.2, 0) is 14.3 Å². The highest BCUT2D eigenvalue weighted by atomic mass is 32.2. The van der Waals surface area contributed by atoms with Crippen molar-refractivity contribution >= 4 is 23.6 Å². The van der Waals surface area contributed by atoms with Crippen molar-refractivity contribution in [3.05, 3.63) is 0 Å². The van der Waals surface area contributed by atoms with E-state index < -0.39 is 12.0 Å². The van der Waals surface area contributed by atoms with Crippen molar-refractivity contribution in [3.8, 4) is 0 Å². The number of aliphatic carboxylic acids is 1. The number of hydrogen-bond donors (Lipinski definition) is 2. The van der Waals surface area contributed by atoms with Gasteiger partial charge in [-0.15, -0.1) is 11.8 Å². The predicted molar refractivity (Wildman–Crippen MR) is 61.5 cm³/mol. The zero-order valence-electron chi connectivity index (χ0n) is 9.49. The van der Waals surface area contributed by atoms with E-state index in [1.807, 2.05) is 6.26 Å². The lowest BCUT2D eigenvalue weighted by Gasteiger charge is -2.19. The van der Waals surface area contributed by atoms with Gasteiger partial charge in [0.05, 0.1) is 23.8 Å². The zero-order chi connectivity index (χ0) is 12.2. The van der Waals surface area contributed by atoms with Crippen molar-refractivity contribution in [3.63, 3.8) is 0 Å². The minimum absolute atomic E-state index is 0.0664. The Bertz CT molecular complexity index is 278. The van der Waals surface area contributed by atoms with E-state index in [4.69, 9.17) is 9.84 Å². The van der Waals surface area contributed by atoms with Crippen LogP contribution in [0.5, 0.6) is 0 Å². The lowest BCUT2D eigenvalue weighted by Crippen LogP contribution is -2.44. The average Bonchev–Trinajstić information content (AvgIpc) is 2.97. The summed E-state index contributed by atoms with van der Waals surface area (Å²) in [4.78, 5) is 22.4. The Hall–Kier alpha value is -0.750. The summed E-state index contributed by atoms with van der Waals surface area (Å²) in [5.41, 5.74) is 0. The summed E-state index contributed by atoms with van der Waals surface area (Å²) in [5.74, 6) is -1.00. The van der Waals surface area contributed by atoms with Gasteiger partial charge in [-0.05, 0) is 19.1 Å². The number of carbonyl (C=O) groups excluding carboxylic acids is 1. The van der Waals surface area contributed by atoms with Crippen LogP contribution in [0.25, 0.3) is 0 Å². The maximum atomic E-state index is 11.8. The van der Waals surface area contributed by atoms with Gasteiger partial charge in [-0.1, -0.05) is 0 Å². The third-order valence-electron chi connectivity index (χ3n) is 2.63. The van der Waals surface area contributed by atoms with Crippen molar-refractivity contribution in [2.24, 2.45) is 0 Å². The van der Waals surface area contributed by atoms with Crippen LogP contribution in [0.4, 0.5) is 0 Å². The molecule has 1 aliphatic rings. The van der Waals surface area contributed by atoms with Gasteiger partial charge in [0.25, 0.3) is 0 Å². The summed E-state index contributed by atoms with van der Waals surface area (Å²) in [7, 11) is 1.49. The molecule has 5 nitrogen and oxygen atoms in total. The van der Waals surface area contributed by atoms with Gasteiger partial charge in [-0.2, -0.15) is 0 Å². The van der Waals surface area contributed by atoms with Crippen molar-refractivity contribution in [1.82, 2.24) is 5.32 Å². The zero-order valence-corrected chi connectivity index (χ0v) is 10.3. The quantitative estimate of drug-likeness (QED) is 0.684. The molecule has 0 saturated heterocycles. The number of hydrogen-bond acceptors (Lipinski definition) is 4. The third kappa shape index (κ3) is 3.38. The van der Waals surface area contributed by atoms with E-state index in [9.17, 15) is 9.59 Å². The molecule has 16 heavy (non-hydrogen) atoms. The molecule has 0 spiro atoms. The van der Waals surface area contributed by atoms with Gasteiger partial charge in [0.1, 0.15) is 0 Å². The molecule has 1 atom stereocenters. The van der Waals surface area contributed by atoms with E-state index >= 15 is 0 Å². The smallest absolute Gasteiger partial charge is 0.305 e. The SMILES string of the molecule is COC[C@@H](CC(=O)O)NC(=O)C1(SC)CC1. The normalized spacial score (nSPS) is 18.9. The van der Waals surface area contributed by atoms with E-state index in [-0.39, 0.29) is 23.7 Å². The molecule has 1 fully saturated rings. The summed E-state index contributed by atoms with van der Waals surface area (Å²) in [6.45, 7) is 0.225. The van der Waals surface area contributed by atoms with Gasteiger partial charge in [0.2, 0.25) is 5.91 Å². The van der Waals surface area contributed by atoms with Gasteiger partial charge in [0, 0.05) is 7.11 Å². The second-order valence-electron chi connectivity index (χ2n) is 3.92. The molecular weight excluding hydrogens is 230 g/mol. The number of ether oxygens (including phenoxy) is 1. The Labute approximate surface area is 98.9 Å². The van der Waals surface area contributed by atoms with Crippen molar-refractivity contribution < 1.29 is 19.4 Å². The summed E-state index contributed by atoms with van der Waals surface area (Å²) < 4.78 is 4.57. The Morgan fingerprint density at radius 2 is 2.19 bits per heavy atom. The Morgan fingerprint density at radius 3 is 2.56 bits per heavy atom. The minimum Gasteiger partial charge on any atom is -0.481 e. The van der Waals surface area contributed by atoms with Crippen molar-refractivity contribution in [2.75, 3.05) is 20.0 Å². The molecular formula is C10H17NO4S. The minimum atomic E-state index is -0.934. The number of carboxylic acids is 1. The lowest BCUT2D eigenvalue weighted by atomic mass is 10.2. The Balaban J connectivity index is 2.47. The first-order valence-corrected chi connectivity index (χ1v) is 6.33. The molecule has 0 unspecified atom stereocenters. The average molecular weight is 247 g/mol. The standard InChI is InChI=1S/C10H17NO4S/c1-15-6-7(5-8(12)13)11-9(14)10(16-2)3-4-10/h7H,3-6H2,1-2H3,(H,11,14)(H,12,13)/t7-/m1/s1. The molecule has 0 aromatic heterocycles. The molecule has 1 amide bonds. The summed E-state index contributed by atoms with van der Waals surface area (Å²) in [6.07, 6.45) is 3.53. The maximum Gasteiger partial charge on any atom is 0.305 e. The van der Waals surface area contributed by atoms with E-state index in [1.165, 1.54) is 18.9 Å². The first-order valence-electron chi connectivity index (χ1n) is 5.11. The van der Waals surface area contributed by atoms with Crippen LogP contribution in [0.3, 0.4) is 0 Å². The molecule has 0 heterocycles. The van der Waals surface area contributed by atoms with Crippen LogP contribution in [0.15, 0.2) is 0 Å². The monoisotopic (exact) mass is 247 g/mol.